The number of rotatable bonds is 9. The van der Waals surface area contributed by atoms with Crippen molar-refractivity contribution >= 4 is 44.0 Å². The molecule has 1 fully saturated rings. The van der Waals surface area contributed by atoms with Gasteiger partial charge in [0.15, 0.2) is 0 Å². The summed E-state index contributed by atoms with van der Waals surface area (Å²) in [7, 11) is -3.06. The van der Waals surface area contributed by atoms with E-state index >= 15 is 0 Å². The lowest BCUT2D eigenvalue weighted by molar-refractivity contribution is -0.127. The largest absolute Gasteiger partial charge is 0.465 e. The van der Waals surface area contributed by atoms with Gasteiger partial charge in [-0.3, -0.25) is 4.79 Å². The van der Waals surface area contributed by atoms with Gasteiger partial charge in [0.25, 0.3) is 10.0 Å². The van der Waals surface area contributed by atoms with Crippen LogP contribution in [0.2, 0.25) is 0 Å². The Morgan fingerprint density at radius 3 is 2.59 bits per heavy atom. The predicted octanol–water partition coefficient (Wildman–Crippen LogP) is 3.91. The summed E-state index contributed by atoms with van der Waals surface area (Å²) in [6.07, 6.45) is 3.82. The van der Waals surface area contributed by atoms with Crippen molar-refractivity contribution < 1.29 is 27.5 Å². The van der Waals surface area contributed by atoms with Gasteiger partial charge in [0.1, 0.15) is 4.90 Å². The van der Waals surface area contributed by atoms with Gasteiger partial charge in [-0.25, -0.2) is 4.79 Å². The van der Waals surface area contributed by atoms with Crippen LogP contribution in [0.3, 0.4) is 0 Å². The number of fused-ring (bicyclic) bond motifs is 1. The predicted molar refractivity (Wildman–Crippen MR) is 156 cm³/mol. The van der Waals surface area contributed by atoms with Gasteiger partial charge in [-0.1, -0.05) is 54.6 Å². The Bertz CT molecular complexity index is 1730. The van der Waals surface area contributed by atoms with Crippen LogP contribution in [-0.4, -0.2) is 51.7 Å². The standard InChI is InChI=1S/C30H31N3O6S2/c1-38-29(35)26-11-4-5-12-27(26)41(36,37)32-30-33(19-23-9-6-8-21-7-2-3-10-25(21)23)20-24(40-30)13-16-31-28(34)22-14-17-39-18-15-22/h2-12,20,22H,13-19H2,1H3,(H,31,34)/b32-30-. The number of ether oxygens (including phenoxy) is 2. The molecule has 0 atom stereocenters. The molecule has 2 heterocycles. The molecule has 214 valence electrons. The van der Waals surface area contributed by atoms with Crippen molar-refractivity contribution in [1.29, 1.82) is 0 Å². The highest BCUT2D eigenvalue weighted by molar-refractivity contribution is 7.90. The first-order valence-electron chi connectivity index (χ1n) is 13.4. The molecule has 1 aromatic heterocycles. The average Bonchev–Trinajstić information content (AvgIpc) is 3.37. The number of carbonyl (C=O) groups excluding carboxylic acids is 2. The number of hydrogen-bond donors (Lipinski definition) is 1. The van der Waals surface area contributed by atoms with E-state index in [1.165, 1.54) is 30.6 Å². The van der Waals surface area contributed by atoms with Crippen LogP contribution in [0.1, 0.15) is 33.6 Å². The van der Waals surface area contributed by atoms with Gasteiger partial charge in [0, 0.05) is 43.2 Å². The molecule has 1 N–H and O–H groups in total. The van der Waals surface area contributed by atoms with Crippen LogP contribution in [0, 0.1) is 5.92 Å². The molecule has 41 heavy (non-hydrogen) atoms. The van der Waals surface area contributed by atoms with E-state index in [-0.39, 0.29) is 27.1 Å². The summed E-state index contributed by atoms with van der Waals surface area (Å²) in [5.41, 5.74) is 0.932. The van der Waals surface area contributed by atoms with Gasteiger partial charge in [0.2, 0.25) is 10.7 Å². The van der Waals surface area contributed by atoms with Crippen molar-refractivity contribution in [3.05, 3.63) is 93.7 Å². The molecule has 1 aliphatic heterocycles. The fourth-order valence-electron chi connectivity index (χ4n) is 4.88. The van der Waals surface area contributed by atoms with Crippen molar-refractivity contribution in [3.63, 3.8) is 0 Å². The normalized spacial score (nSPS) is 14.7. The SMILES string of the molecule is COC(=O)c1ccccc1S(=O)(=O)/N=c1\sc(CCNC(=O)C2CCOCC2)cn1Cc1cccc2ccccc12. The van der Waals surface area contributed by atoms with E-state index in [1.807, 2.05) is 48.7 Å². The molecule has 0 unspecified atom stereocenters. The number of sulfonamides is 1. The van der Waals surface area contributed by atoms with Gasteiger partial charge >= 0.3 is 5.97 Å². The zero-order valence-electron chi connectivity index (χ0n) is 22.6. The van der Waals surface area contributed by atoms with Crippen LogP contribution in [0.15, 0.2) is 82.2 Å². The fraction of sp³-hybridized carbons (Fsp3) is 0.300. The number of aromatic nitrogens is 1. The highest BCUT2D eigenvalue weighted by Gasteiger charge is 2.23. The Morgan fingerprint density at radius 2 is 1.78 bits per heavy atom. The number of nitrogens with one attached hydrogen (secondary N) is 1. The summed E-state index contributed by atoms with van der Waals surface area (Å²) in [6.45, 7) is 1.99. The zero-order valence-corrected chi connectivity index (χ0v) is 24.2. The third-order valence-corrected chi connectivity index (χ3v) is 9.54. The van der Waals surface area contributed by atoms with E-state index in [1.54, 1.807) is 16.7 Å². The van der Waals surface area contributed by atoms with E-state index < -0.39 is 16.0 Å². The molecule has 5 rings (SSSR count). The summed E-state index contributed by atoms with van der Waals surface area (Å²) in [6, 6.07) is 19.9. The molecule has 11 heteroatoms. The molecule has 3 aromatic carbocycles. The molecule has 0 radical (unpaired) electrons. The van der Waals surface area contributed by atoms with Crippen molar-refractivity contribution in [2.75, 3.05) is 26.9 Å². The Morgan fingerprint density at radius 1 is 1.05 bits per heavy atom. The van der Waals surface area contributed by atoms with Crippen molar-refractivity contribution in [2.45, 2.75) is 30.7 Å². The second kappa shape index (κ2) is 12.8. The third kappa shape index (κ3) is 6.75. The molecule has 4 aromatic rings. The quantitative estimate of drug-likeness (QED) is 0.294. The van der Waals surface area contributed by atoms with Gasteiger partial charge in [-0.2, -0.15) is 8.42 Å². The highest BCUT2D eigenvalue weighted by atomic mass is 32.2. The van der Waals surface area contributed by atoms with Crippen LogP contribution in [-0.2, 0) is 37.3 Å². The Hall–Kier alpha value is -3.80. The van der Waals surface area contributed by atoms with E-state index in [0.717, 1.165) is 21.2 Å². The maximum atomic E-state index is 13.5. The topological polar surface area (TPSA) is 116 Å². The first kappa shape index (κ1) is 28.7. The maximum absolute atomic E-state index is 13.5. The Labute approximate surface area is 242 Å². The van der Waals surface area contributed by atoms with Crippen molar-refractivity contribution in [1.82, 2.24) is 9.88 Å². The summed E-state index contributed by atoms with van der Waals surface area (Å²) in [5, 5.41) is 5.14. The molecular weight excluding hydrogens is 562 g/mol. The van der Waals surface area contributed by atoms with Gasteiger partial charge in [0.05, 0.1) is 19.2 Å². The Balaban J connectivity index is 1.48. The smallest absolute Gasteiger partial charge is 0.339 e. The summed E-state index contributed by atoms with van der Waals surface area (Å²) in [4.78, 5) is 25.8. The molecule has 1 saturated heterocycles. The monoisotopic (exact) mass is 593 g/mol. The first-order valence-corrected chi connectivity index (χ1v) is 15.6. The minimum absolute atomic E-state index is 0.0143. The van der Waals surface area contributed by atoms with E-state index in [2.05, 4.69) is 9.71 Å². The molecule has 9 nitrogen and oxygen atoms in total. The highest BCUT2D eigenvalue weighted by Crippen LogP contribution is 2.22. The number of benzene rings is 3. The second-order valence-electron chi connectivity index (χ2n) is 9.73. The number of thiazole rings is 1. The minimum atomic E-state index is -4.26. The minimum Gasteiger partial charge on any atom is -0.465 e. The molecular formula is C30H31N3O6S2. The molecule has 0 aliphatic carbocycles. The Kier molecular flexibility index (Phi) is 8.96. The molecule has 1 aliphatic rings. The molecule has 0 bridgehead atoms. The average molecular weight is 594 g/mol. The lowest BCUT2D eigenvalue weighted by Crippen LogP contribution is -2.35. The lowest BCUT2D eigenvalue weighted by atomic mass is 9.99. The number of amides is 1. The van der Waals surface area contributed by atoms with Crippen LogP contribution < -0.4 is 10.1 Å². The number of carbonyl (C=O) groups is 2. The van der Waals surface area contributed by atoms with Gasteiger partial charge in [-0.15, -0.1) is 15.7 Å². The number of methoxy groups -OCH3 is 1. The van der Waals surface area contributed by atoms with Gasteiger partial charge in [-0.05, 0) is 41.3 Å². The summed E-state index contributed by atoms with van der Waals surface area (Å²) in [5.74, 6) is -0.787. The maximum Gasteiger partial charge on any atom is 0.339 e. The molecule has 0 spiro atoms. The van der Waals surface area contributed by atoms with E-state index in [0.29, 0.717) is 45.6 Å². The van der Waals surface area contributed by atoms with E-state index in [9.17, 15) is 18.0 Å². The van der Waals surface area contributed by atoms with Crippen LogP contribution in [0.5, 0.6) is 0 Å². The fourth-order valence-corrected chi connectivity index (χ4v) is 7.27. The zero-order chi connectivity index (χ0) is 28.8. The first-order chi connectivity index (χ1) is 19.9. The van der Waals surface area contributed by atoms with Crippen molar-refractivity contribution in [2.24, 2.45) is 10.3 Å². The van der Waals surface area contributed by atoms with E-state index in [4.69, 9.17) is 9.47 Å². The lowest BCUT2D eigenvalue weighted by Gasteiger charge is -2.21. The summed E-state index contributed by atoms with van der Waals surface area (Å²) < 4.78 is 43.1. The van der Waals surface area contributed by atoms with Crippen LogP contribution in [0.25, 0.3) is 10.8 Å². The van der Waals surface area contributed by atoms with Crippen LogP contribution >= 0.6 is 11.3 Å². The second-order valence-corrected chi connectivity index (χ2v) is 12.4. The van der Waals surface area contributed by atoms with Crippen LogP contribution in [0.4, 0.5) is 0 Å². The third-order valence-electron chi connectivity index (χ3n) is 7.02. The summed E-state index contributed by atoms with van der Waals surface area (Å²) >= 11 is 1.24. The van der Waals surface area contributed by atoms with Gasteiger partial charge < -0.3 is 19.4 Å². The number of esters is 1. The molecule has 1 amide bonds. The number of hydrogen-bond acceptors (Lipinski definition) is 7. The number of nitrogens with zero attached hydrogens (tertiary/aromatic N) is 2. The molecule has 0 saturated carbocycles. The van der Waals surface area contributed by atoms with Crippen molar-refractivity contribution in [3.8, 4) is 0 Å².